The normalized spacial score (nSPS) is 9.00. The van der Waals surface area contributed by atoms with Gasteiger partial charge in [-0.3, -0.25) is 0 Å². The highest BCUT2D eigenvalue weighted by molar-refractivity contribution is 5.87. The highest BCUT2D eigenvalue weighted by Crippen LogP contribution is 2.06. The Morgan fingerprint density at radius 3 is 2.86 bits per heavy atom. The molecule has 0 bridgehead atoms. The van der Waals surface area contributed by atoms with Crippen molar-refractivity contribution in [2.45, 2.75) is 6.92 Å². The molecule has 0 amide bonds. The van der Waals surface area contributed by atoms with E-state index in [-0.39, 0.29) is 12.3 Å². The fraction of sp³-hybridized carbons (Fsp3) is 0.200. The van der Waals surface area contributed by atoms with Crippen molar-refractivity contribution in [1.82, 2.24) is 4.98 Å². The van der Waals surface area contributed by atoms with Crippen LogP contribution in [0.15, 0.2) is 12.3 Å². The third kappa shape index (κ3) is 2.31. The molecule has 0 saturated carbocycles. The van der Waals surface area contributed by atoms with E-state index in [0.29, 0.717) is 11.1 Å². The molecular weight excluding hydrogens is 182 g/mol. The Morgan fingerprint density at radius 2 is 2.36 bits per heavy atom. The summed E-state index contributed by atoms with van der Waals surface area (Å²) in [5, 5.41) is 17.1. The van der Waals surface area contributed by atoms with E-state index >= 15 is 0 Å². The van der Waals surface area contributed by atoms with Crippen LogP contribution in [0, 0.1) is 18.8 Å². The SMILES string of the molecule is Cc1cc(C#CCO)cnc1C(=O)O. The summed E-state index contributed by atoms with van der Waals surface area (Å²) < 4.78 is 0. The Bertz CT molecular complexity index is 415. The van der Waals surface area contributed by atoms with E-state index in [0.717, 1.165) is 0 Å². The number of carbonyl (C=O) groups is 1. The molecule has 0 atom stereocenters. The topological polar surface area (TPSA) is 70.4 Å². The highest BCUT2D eigenvalue weighted by atomic mass is 16.4. The molecule has 72 valence electrons. The molecule has 0 aromatic carbocycles. The van der Waals surface area contributed by atoms with Gasteiger partial charge in [0.05, 0.1) is 0 Å². The van der Waals surface area contributed by atoms with E-state index in [1.165, 1.54) is 6.20 Å². The van der Waals surface area contributed by atoms with E-state index in [1.807, 2.05) is 0 Å². The molecule has 2 N–H and O–H groups in total. The Kier molecular flexibility index (Phi) is 3.21. The number of aromatic carboxylic acids is 1. The fourth-order valence-electron chi connectivity index (χ4n) is 1.01. The van der Waals surface area contributed by atoms with Crippen LogP contribution in [-0.2, 0) is 0 Å². The molecule has 4 heteroatoms. The van der Waals surface area contributed by atoms with Crippen LogP contribution in [0.5, 0.6) is 0 Å². The summed E-state index contributed by atoms with van der Waals surface area (Å²) in [6.45, 7) is 1.43. The molecule has 0 radical (unpaired) electrons. The van der Waals surface area contributed by atoms with Crippen LogP contribution in [-0.4, -0.2) is 27.8 Å². The third-order valence-corrected chi connectivity index (χ3v) is 1.59. The first kappa shape index (κ1) is 10.2. The first-order valence-electron chi connectivity index (χ1n) is 3.95. The van der Waals surface area contributed by atoms with Crippen molar-refractivity contribution in [3.8, 4) is 11.8 Å². The van der Waals surface area contributed by atoms with Crippen LogP contribution in [0.3, 0.4) is 0 Å². The number of nitrogens with zero attached hydrogens (tertiary/aromatic N) is 1. The van der Waals surface area contributed by atoms with Crippen molar-refractivity contribution < 1.29 is 15.0 Å². The van der Waals surface area contributed by atoms with Gasteiger partial charge < -0.3 is 10.2 Å². The van der Waals surface area contributed by atoms with Crippen LogP contribution in [0.1, 0.15) is 21.6 Å². The van der Waals surface area contributed by atoms with Gasteiger partial charge in [0.25, 0.3) is 0 Å². The predicted octanol–water partition coefficient (Wildman–Crippen LogP) is 0.432. The van der Waals surface area contributed by atoms with Crippen LogP contribution in [0.2, 0.25) is 0 Å². The van der Waals surface area contributed by atoms with E-state index in [1.54, 1.807) is 13.0 Å². The first-order valence-corrected chi connectivity index (χ1v) is 3.95. The summed E-state index contributed by atoms with van der Waals surface area (Å²) in [6, 6.07) is 1.62. The van der Waals surface area contributed by atoms with E-state index < -0.39 is 5.97 Å². The molecule has 0 unspecified atom stereocenters. The van der Waals surface area contributed by atoms with Gasteiger partial charge in [-0.15, -0.1) is 0 Å². The predicted molar refractivity (Wildman–Crippen MR) is 49.9 cm³/mol. The van der Waals surface area contributed by atoms with Gasteiger partial charge in [0, 0.05) is 11.8 Å². The quantitative estimate of drug-likeness (QED) is 0.631. The fourth-order valence-corrected chi connectivity index (χ4v) is 1.01. The molecule has 0 aliphatic rings. The maximum absolute atomic E-state index is 10.6. The molecule has 0 saturated heterocycles. The number of carboxylic acids is 1. The average Bonchev–Trinajstić information content (AvgIpc) is 2.14. The Balaban J connectivity index is 3.06. The minimum atomic E-state index is -1.05. The number of hydrogen-bond donors (Lipinski definition) is 2. The molecule has 1 heterocycles. The molecule has 0 aliphatic heterocycles. The number of rotatable bonds is 1. The van der Waals surface area contributed by atoms with E-state index in [2.05, 4.69) is 16.8 Å². The van der Waals surface area contributed by atoms with Gasteiger partial charge in [0.15, 0.2) is 5.69 Å². The third-order valence-electron chi connectivity index (χ3n) is 1.59. The van der Waals surface area contributed by atoms with Crippen LogP contribution in [0.25, 0.3) is 0 Å². The zero-order valence-corrected chi connectivity index (χ0v) is 7.61. The lowest BCUT2D eigenvalue weighted by Gasteiger charge is -1.98. The van der Waals surface area contributed by atoms with Gasteiger partial charge in [-0.1, -0.05) is 11.8 Å². The maximum Gasteiger partial charge on any atom is 0.354 e. The standard InChI is InChI=1S/C10H9NO3/c1-7-5-8(3-2-4-12)6-11-9(7)10(13)14/h5-6,12H,4H2,1H3,(H,13,14). The van der Waals surface area contributed by atoms with E-state index in [4.69, 9.17) is 10.2 Å². The van der Waals surface area contributed by atoms with Gasteiger partial charge in [-0.25, -0.2) is 9.78 Å². The zero-order chi connectivity index (χ0) is 10.6. The van der Waals surface area contributed by atoms with Crippen LogP contribution in [0.4, 0.5) is 0 Å². The summed E-state index contributed by atoms with van der Waals surface area (Å²) >= 11 is 0. The van der Waals surface area contributed by atoms with Crippen LogP contribution >= 0.6 is 0 Å². The van der Waals surface area contributed by atoms with Crippen molar-refractivity contribution in [3.05, 3.63) is 29.1 Å². The molecule has 1 aromatic rings. The molecule has 1 rings (SSSR count). The molecule has 0 spiro atoms. The van der Waals surface area contributed by atoms with E-state index in [9.17, 15) is 4.79 Å². The second-order valence-electron chi connectivity index (χ2n) is 2.65. The monoisotopic (exact) mass is 191 g/mol. The Hall–Kier alpha value is -1.86. The summed E-state index contributed by atoms with van der Waals surface area (Å²) in [5.74, 6) is 4.05. The molecule has 4 nitrogen and oxygen atoms in total. The number of carboxylic acid groups (broad SMARTS) is 1. The minimum absolute atomic E-state index is 0.0274. The van der Waals surface area contributed by atoms with Gasteiger partial charge in [0.2, 0.25) is 0 Å². The zero-order valence-electron chi connectivity index (χ0n) is 7.61. The van der Waals surface area contributed by atoms with Crippen molar-refractivity contribution >= 4 is 5.97 Å². The lowest BCUT2D eigenvalue weighted by atomic mass is 10.1. The van der Waals surface area contributed by atoms with Gasteiger partial charge >= 0.3 is 5.97 Å². The average molecular weight is 191 g/mol. The summed E-state index contributed by atoms with van der Waals surface area (Å²) in [7, 11) is 0. The number of aromatic nitrogens is 1. The number of hydrogen-bond acceptors (Lipinski definition) is 3. The van der Waals surface area contributed by atoms with Gasteiger partial charge in [-0.2, -0.15) is 0 Å². The van der Waals surface area contributed by atoms with Gasteiger partial charge in [-0.05, 0) is 18.6 Å². The molecule has 0 aliphatic carbocycles. The first-order chi connectivity index (χ1) is 6.65. The molecule has 14 heavy (non-hydrogen) atoms. The number of pyridine rings is 1. The summed E-state index contributed by atoms with van der Waals surface area (Å²) in [6.07, 6.45) is 1.37. The smallest absolute Gasteiger partial charge is 0.354 e. The lowest BCUT2D eigenvalue weighted by molar-refractivity contribution is 0.0689. The maximum atomic E-state index is 10.6. The second kappa shape index (κ2) is 4.40. The molecule has 0 fully saturated rings. The van der Waals surface area contributed by atoms with Crippen LogP contribution < -0.4 is 0 Å². The van der Waals surface area contributed by atoms with Crippen molar-refractivity contribution in [1.29, 1.82) is 0 Å². The lowest BCUT2D eigenvalue weighted by Crippen LogP contribution is -2.03. The van der Waals surface area contributed by atoms with Crippen molar-refractivity contribution in [2.24, 2.45) is 0 Å². The Morgan fingerprint density at radius 1 is 1.64 bits per heavy atom. The van der Waals surface area contributed by atoms with Crippen molar-refractivity contribution in [3.63, 3.8) is 0 Å². The largest absolute Gasteiger partial charge is 0.477 e. The second-order valence-corrected chi connectivity index (χ2v) is 2.65. The number of aliphatic hydroxyl groups excluding tert-OH is 1. The summed E-state index contributed by atoms with van der Waals surface area (Å²) in [4.78, 5) is 14.4. The Labute approximate surface area is 81.2 Å². The van der Waals surface area contributed by atoms with Crippen molar-refractivity contribution in [2.75, 3.05) is 6.61 Å². The number of aliphatic hydroxyl groups is 1. The number of aryl methyl sites for hydroxylation is 1. The molecule has 1 aromatic heterocycles. The molecular formula is C10H9NO3. The highest BCUT2D eigenvalue weighted by Gasteiger charge is 2.07. The minimum Gasteiger partial charge on any atom is -0.477 e. The summed E-state index contributed by atoms with van der Waals surface area (Å²) in [5.41, 5.74) is 1.18. The van der Waals surface area contributed by atoms with Gasteiger partial charge in [0.1, 0.15) is 6.61 Å².